The fourth-order valence-electron chi connectivity index (χ4n) is 1.70. The van der Waals surface area contributed by atoms with Crippen molar-refractivity contribution in [1.29, 1.82) is 5.26 Å². The van der Waals surface area contributed by atoms with Crippen LogP contribution in [-0.4, -0.2) is 20.4 Å². The zero-order valence-corrected chi connectivity index (χ0v) is 11.3. The Morgan fingerprint density at radius 3 is 2.30 bits per heavy atom. The van der Waals surface area contributed by atoms with Crippen LogP contribution in [0.2, 0.25) is 0 Å². The maximum absolute atomic E-state index is 8.73. The van der Waals surface area contributed by atoms with Crippen LogP contribution in [0.4, 0.5) is 5.69 Å². The van der Waals surface area contributed by atoms with E-state index in [1.54, 1.807) is 44.7 Å². The van der Waals surface area contributed by atoms with E-state index in [4.69, 9.17) is 14.7 Å². The van der Waals surface area contributed by atoms with Gasteiger partial charge in [-0.2, -0.15) is 5.26 Å². The van der Waals surface area contributed by atoms with E-state index in [0.717, 1.165) is 11.3 Å². The highest BCUT2D eigenvalue weighted by molar-refractivity contribution is 5.83. The molecule has 0 amide bonds. The van der Waals surface area contributed by atoms with Gasteiger partial charge in [-0.3, -0.25) is 4.99 Å². The molecule has 0 N–H and O–H groups in total. The van der Waals surface area contributed by atoms with Gasteiger partial charge in [-0.25, -0.2) is 0 Å². The van der Waals surface area contributed by atoms with Crippen LogP contribution in [0.15, 0.2) is 47.5 Å². The Labute approximate surface area is 117 Å². The van der Waals surface area contributed by atoms with Crippen LogP contribution in [0, 0.1) is 11.3 Å². The molecule has 2 rings (SSSR count). The lowest BCUT2D eigenvalue weighted by molar-refractivity contribution is 0.355. The lowest BCUT2D eigenvalue weighted by Crippen LogP contribution is -1.91. The SMILES string of the molecule is COc1ccc(C=Nc2ccc(C#N)cc2)cc1OC. The second-order valence-corrected chi connectivity index (χ2v) is 4.03. The van der Waals surface area contributed by atoms with Gasteiger partial charge < -0.3 is 9.47 Å². The highest BCUT2D eigenvalue weighted by Gasteiger charge is 2.02. The average molecular weight is 266 g/mol. The van der Waals surface area contributed by atoms with Gasteiger partial charge in [0, 0.05) is 6.21 Å². The third-order valence-electron chi connectivity index (χ3n) is 2.77. The Bertz CT molecular complexity index is 655. The zero-order chi connectivity index (χ0) is 14.4. The fourth-order valence-corrected chi connectivity index (χ4v) is 1.70. The Balaban J connectivity index is 2.20. The van der Waals surface area contributed by atoms with Crippen molar-refractivity contribution >= 4 is 11.9 Å². The van der Waals surface area contributed by atoms with E-state index in [9.17, 15) is 0 Å². The number of nitrogens with zero attached hydrogens (tertiary/aromatic N) is 2. The fraction of sp³-hybridized carbons (Fsp3) is 0.125. The summed E-state index contributed by atoms with van der Waals surface area (Å²) < 4.78 is 10.4. The van der Waals surface area contributed by atoms with Crippen molar-refractivity contribution in [2.24, 2.45) is 4.99 Å². The molecule has 0 aliphatic heterocycles. The molecule has 0 saturated carbocycles. The van der Waals surface area contributed by atoms with Crippen molar-refractivity contribution < 1.29 is 9.47 Å². The molecule has 4 heteroatoms. The number of hydrogen-bond acceptors (Lipinski definition) is 4. The molecule has 0 aromatic heterocycles. The Morgan fingerprint density at radius 2 is 1.70 bits per heavy atom. The average Bonchev–Trinajstić information content (AvgIpc) is 2.53. The van der Waals surface area contributed by atoms with Gasteiger partial charge in [-0.05, 0) is 48.0 Å². The first-order chi connectivity index (χ1) is 9.76. The van der Waals surface area contributed by atoms with Crippen molar-refractivity contribution in [1.82, 2.24) is 0 Å². The Hall–Kier alpha value is -2.80. The predicted octanol–water partition coefficient (Wildman–Crippen LogP) is 3.33. The number of methoxy groups -OCH3 is 2. The van der Waals surface area contributed by atoms with Crippen molar-refractivity contribution in [2.45, 2.75) is 0 Å². The molecule has 0 spiro atoms. The van der Waals surface area contributed by atoms with E-state index in [2.05, 4.69) is 11.1 Å². The normalized spacial score (nSPS) is 10.2. The van der Waals surface area contributed by atoms with E-state index in [1.165, 1.54) is 0 Å². The van der Waals surface area contributed by atoms with Gasteiger partial charge in [0.25, 0.3) is 0 Å². The second-order valence-electron chi connectivity index (χ2n) is 4.03. The van der Waals surface area contributed by atoms with Gasteiger partial charge in [0.05, 0.1) is 31.5 Å². The second kappa shape index (κ2) is 6.39. The number of benzene rings is 2. The lowest BCUT2D eigenvalue weighted by atomic mass is 10.2. The van der Waals surface area contributed by atoms with Crippen molar-refractivity contribution in [3.63, 3.8) is 0 Å². The van der Waals surface area contributed by atoms with Crippen LogP contribution in [0.25, 0.3) is 0 Å². The molecule has 0 aliphatic carbocycles. The minimum Gasteiger partial charge on any atom is -0.493 e. The van der Waals surface area contributed by atoms with E-state index in [0.29, 0.717) is 17.1 Å². The third-order valence-corrected chi connectivity index (χ3v) is 2.77. The molecule has 0 radical (unpaired) electrons. The molecule has 2 aromatic carbocycles. The third kappa shape index (κ3) is 3.15. The molecule has 0 aliphatic rings. The molecule has 4 nitrogen and oxygen atoms in total. The molecule has 100 valence electrons. The number of nitriles is 1. The summed E-state index contributed by atoms with van der Waals surface area (Å²) in [5.41, 5.74) is 2.32. The van der Waals surface area contributed by atoms with Crippen LogP contribution in [0.3, 0.4) is 0 Å². The van der Waals surface area contributed by atoms with Crippen molar-refractivity contribution in [2.75, 3.05) is 14.2 Å². The Morgan fingerprint density at radius 1 is 1.00 bits per heavy atom. The highest BCUT2D eigenvalue weighted by Crippen LogP contribution is 2.27. The van der Waals surface area contributed by atoms with Crippen molar-refractivity contribution in [3.8, 4) is 17.6 Å². The maximum atomic E-state index is 8.73. The molecule has 0 atom stereocenters. The molecule has 0 fully saturated rings. The summed E-state index contributed by atoms with van der Waals surface area (Å²) in [5.74, 6) is 1.35. The minimum absolute atomic E-state index is 0.620. The first kappa shape index (κ1) is 13.6. The standard InChI is InChI=1S/C16H14N2O2/c1-19-15-8-5-13(9-16(15)20-2)11-18-14-6-3-12(10-17)4-7-14/h3-9,11H,1-2H3. The van der Waals surface area contributed by atoms with Crippen LogP contribution < -0.4 is 9.47 Å². The molecule has 0 unspecified atom stereocenters. The summed E-state index contributed by atoms with van der Waals surface area (Å²) in [6.07, 6.45) is 1.74. The molecule has 20 heavy (non-hydrogen) atoms. The van der Waals surface area contributed by atoms with Gasteiger partial charge in [-0.1, -0.05) is 0 Å². The van der Waals surface area contributed by atoms with Crippen LogP contribution in [-0.2, 0) is 0 Å². The molecule has 0 bridgehead atoms. The van der Waals surface area contributed by atoms with Gasteiger partial charge >= 0.3 is 0 Å². The quantitative estimate of drug-likeness (QED) is 0.797. The first-order valence-corrected chi connectivity index (χ1v) is 6.03. The number of ether oxygens (including phenoxy) is 2. The minimum atomic E-state index is 0.620. The van der Waals surface area contributed by atoms with Crippen LogP contribution >= 0.6 is 0 Å². The monoisotopic (exact) mass is 266 g/mol. The van der Waals surface area contributed by atoms with Gasteiger partial charge in [0.15, 0.2) is 11.5 Å². The largest absolute Gasteiger partial charge is 0.493 e. The molecular formula is C16H14N2O2. The predicted molar refractivity (Wildman–Crippen MR) is 78.0 cm³/mol. The molecule has 0 heterocycles. The topological polar surface area (TPSA) is 54.6 Å². The summed E-state index contributed by atoms with van der Waals surface area (Å²) in [5, 5.41) is 8.73. The summed E-state index contributed by atoms with van der Waals surface area (Å²) in [6, 6.07) is 14.7. The van der Waals surface area contributed by atoms with Gasteiger partial charge in [-0.15, -0.1) is 0 Å². The smallest absolute Gasteiger partial charge is 0.161 e. The van der Waals surface area contributed by atoms with E-state index >= 15 is 0 Å². The van der Waals surface area contributed by atoms with E-state index in [-0.39, 0.29) is 0 Å². The van der Waals surface area contributed by atoms with E-state index < -0.39 is 0 Å². The number of rotatable bonds is 4. The van der Waals surface area contributed by atoms with Crippen molar-refractivity contribution in [3.05, 3.63) is 53.6 Å². The number of aliphatic imine (C=N–C) groups is 1. The molecular weight excluding hydrogens is 252 g/mol. The lowest BCUT2D eigenvalue weighted by Gasteiger charge is -2.07. The molecule has 0 saturated heterocycles. The summed E-state index contributed by atoms with van der Waals surface area (Å²) in [7, 11) is 3.20. The number of hydrogen-bond donors (Lipinski definition) is 0. The first-order valence-electron chi connectivity index (χ1n) is 6.03. The summed E-state index contributed by atoms with van der Waals surface area (Å²) >= 11 is 0. The Kier molecular flexibility index (Phi) is 4.35. The molecule has 2 aromatic rings. The maximum Gasteiger partial charge on any atom is 0.161 e. The van der Waals surface area contributed by atoms with Gasteiger partial charge in [0.1, 0.15) is 0 Å². The highest BCUT2D eigenvalue weighted by atomic mass is 16.5. The van der Waals surface area contributed by atoms with Crippen LogP contribution in [0.1, 0.15) is 11.1 Å². The summed E-state index contributed by atoms with van der Waals surface area (Å²) in [4.78, 5) is 4.35. The van der Waals surface area contributed by atoms with Crippen LogP contribution in [0.5, 0.6) is 11.5 Å². The zero-order valence-electron chi connectivity index (χ0n) is 11.3. The van der Waals surface area contributed by atoms with Gasteiger partial charge in [0.2, 0.25) is 0 Å². The summed E-state index contributed by atoms with van der Waals surface area (Å²) in [6.45, 7) is 0. The van der Waals surface area contributed by atoms with E-state index in [1.807, 2.05) is 18.2 Å².